The van der Waals surface area contributed by atoms with Crippen molar-refractivity contribution in [2.45, 2.75) is 19.6 Å². The fraction of sp³-hybridized carbons (Fsp3) is 0.267. The van der Waals surface area contributed by atoms with Crippen molar-refractivity contribution in [1.82, 2.24) is 4.90 Å². The van der Waals surface area contributed by atoms with Crippen LogP contribution in [-0.4, -0.2) is 35.3 Å². The molecule has 1 amide bonds. The first kappa shape index (κ1) is 18.4. The third-order valence-electron chi connectivity index (χ3n) is 2.59. The first-order valence-corrected chi connectivity index (χ1v) is 6.56. The maximum atomic E-state index is 12.2. The van der Waals surface area contributed by atoms with Gasteiger partial charge in [0.2, 0.25) is 0 Å². The molecule has 1 aromatic carbocycles. The van der Waals surface area contributed by atoms with Gasteiger partial charge in [-0.25, -0.2) is 4.79 Å². The number of nitrogens with zero attached hydrogens (tertiary/aromatic N) is 1. The lowest BCUT2D eigenvalue weighted by molar-refractivity contribution is -0.165. The number of halogens is 3. The monoisotopic (exact) mass is 329 g/mol. The average molecular weight is 329 g/mol. The highest BCUT2D eigenvalue weighted by molar-refractivity contribution is 6.32. The van der Waals surface area contributed by atoms with Gasteiger partial charge >= 0.3 is 18.1 Å². The molecular formula is C15H14F3NO4. The molecule has 0 radical (unpaired) electrons. The highest BCUT2D eigenvalue weighted by atomic mass is 19.4. The maximum Gasteiger partial charge on any atom is 0.454 e. The number of esters is 1. The Bertz CT molecular complexity index is 596. The molecule has 1 rings (SSSR count). The van der Waals surface area contributed by atoms with Crippen molar-refractivity contribution in [2.75, 3.05) is 6.61 Å². The Kier molecular flexibility index (Phi) is 6.49. The van der Waals surface area contributed by atoms with E-state index in [0.717, 1.165) is 0 Å². The average Bonchev–Trinajstić information content (AvgIpc) is 2.50. The lowest BCUT2D eigenvalue weighted by atomic mass is 10.2. The lowest BCUT2D eigenvalue weighted by Crippen LogP contribution is -2.34. The highest BCUT2D eigenvalue weighted by Crippen LogP contribution is 2.17. The summed E-state index contributed by atoms with van der Waals surface area (Å²) in [5.41, 5.74) is 0.564. The standard InChI is InChI=1S/C15H14F3NO4/c1-2-23-14(22)13(21)19(9-8-12(20)15(16,17)18)10-11-6-4-3-5-7-11/h3-9H,2,10H2,1H3/b9-8+. The van der Waals surface area contributed by atoms with Gasteiger partial charge in [-0.15, -0.1) is 0 Å². The number of ketones is 1. The summed E-state index contributed by atoms with van der Waals surface area (Å²) in [6, 6.07) is 8.26. The summed E-state index contributed by atoms with van der Waals surface area (Å²) < 4.78 is 41.2. The zero-order valence-corrected chi connectivity index (χ0v) is 12.2. The van der Waals surface area contributed by atoms with Gasteiger partial charge in [0.25, 0.3) is 5.78 Å². The van der Waals surface area contributed by atoms with Crippen LogP contribution in [0.25, 0.3) is 0 Å². The number of alkyl halides is 3. The van der Waals surface area contributed by atoms with Gasteiger partial charge in [0.1, 0.15) is 0 Å². The molecule has 0 aliphatic rings. The SMILES string of the molecule is CCOC(=O)C(=O)N(/C=C/C(=O)C(F)(F)F)Cc1ccccc1. The second-order valence-electron chi connectivity index (χ2n) is 4.32. The molecule has 5 nitrogen and oxygen atoms in total. The van der Waals surface area contributed by atoms with E-state index in [2.05, 4.69) is 4.74 Å². The fourth-order valence-electron chi connectivity index (χ4n) is 1.53. The Hall–Kier alpha value is -2.64. The van der Waals surface area contributed by atoms with Crippen molar-refractivity contribution < 1.29 is 32.3 Å². The van der Waals surface area contributed by atoms with Gasteiger partial charge in [-0.05, 0) is 12.5 Å². The Morgan fingerprint density at radius 1 is 1.17 bits per heavy atom. The summed E-state index contributed by atoms with van der Waals surface area (Å²) in [5, 5.41) is 0. The van der Waals surface area contributed by atoms with E-state index >= 15 is 0 Å². The third kappa shape index (κ3) is 5.93. The molecule has 0 aliphatic carbocycles. The molecule has 0 unspecified atom stereocenters. The molecule has 124 valence electrons. The second kappa shape index (κ2) is 8.11. The Morgan fingerprint density at radius 2 is 1.78 bits per heavy atom. The number of carbonyl (C=O) groups excluding carboxylic acids is 3. The fourth-order valence-corrected chi connectivity index (χ4v) is 1.53. The van der Waals surface area contributed by atoms with Crippen LogP contribution in [0.2, 0.25) is 0 Å². The van der Waals surface area contributed by atoms with E-state index < -0.39 is 23.8 Å². The number of amides is 1. The molecule has 0 aliphatic heterocycles. The van der Waals surface area contributed by atoms with E-state index in [1.54, 1.807) is 30.3 Å². The summed E-state index contributed by atoms with van der Waals surface area (Å²) >= 11 is 0. The van der Waals surface area contributed by atoms with Gasteiger partial charge in [0.05, 0.1) is 13.2 Å². The normalized spacial score (nSPS) is 11.3. The second-order valence-corrected chi connectivity index (χ2v) is 4.32. The minimum atomic E-state index is -5.05. The highest BCUT2D eigenvalue weighted by Gasteiger charge is 2.36. The molecule has 0 aromatic heterocycles. The van der Waals surface area contributed by atoms with Crippen molar-refractivity contribution >= 4 is 17.7 Å². The van der Waals surface area contributed by atoms with Gasteiger partial charge in [0.15, 0.2) is 0 Å². The lowest BCUT2D eigenvalue weighted by Gasteiger charge is -2.17. The molecule has 0 N–H and O–H groups in total. The molecule has 0 heterocycles. The number of carbonyl (C=O) groups is 3. The number of benzene rings is 1. The van der Waals surface area contributed by atoms with Gasteiger partial charge < -0.3 is 9.64 Å². The molecule has 0 saturated heterocycles. The van der Waals surface area contributed by atoms with E-state index in [9.17, 15) is 27.6 Å². The molecule has 0 atom stereocenters. The number of rotatable bonds is 5. The maximum absolute atomic E-state index is 12.2. The molecule has 1 aromatic rings. The number of allylic oxidation sites excluding steroid dienone is 1. The van der Waals surface area contributed by atoms with Crippen LogP contribution < -0.4 is 0 Å². The quantitative estimate of drug-likeness (QED) is 0.472. The minimum absolute atomic E-state index is 0.0606. The Labute approximate surface area is 130 Å². The molecule has 8 heteroatoms. The van der Waals surface area contributed by atoms with E-state index in [4.69, 9.17) is 0 Å². The number of hydrogen-bond donors (Lipinski definition) is 0. The van der Waals surface area contributed by atoms with Crippen LogP contribution in [0.15, 0.2) is 42.6 Å². The van der Waals surface area contributed by atoms with Crippen molar-refractivity contribution in [3.05, 3.63) is 48.2 Å². The summed E-state index contributed by atoms with van der Waals surface area (Å²) in [7, 11) is 0. The van der Waals surface area contributed by atoms with E-state index in [0.29, 0.717) is 16.7 Å². The van der Waals surface area contributed by atoms with Crippen molar-refractivity contribution in [2.24, 2.45) is 0 Å². The predicted molar refractivity (Wildman–Crippen MR) is 73.8 cm³/mol. The molecule has 0 fully saturated rings. The largest absolute Gasteiger partial charge is 0.459 e. The first-order valence-electron chi connectivity index (χ1n) is 6.56. The number of hydrogen-bond acceptors (Lipinski definition) is 4. The molecule has 0 saturated carbocycles. The molecule has 23 heavy (non-hydrogen) atoms. The zero-order valence-electron chi connectivity index (χ0n) is 12.2. The van der Waals surface area contributed by atoms with Crippen molar-refractivity contribution in [1.29, 1.82) is 0 Å². The summed E-state index contributed by atoms with van der Waals surface area (Å²) in [6.45, 7) is 1.24. The smallest absolute Gasteiger partial charge is 0.454 e. The third-order valence-corrected chi connectivity index (χ3v) is 2.59. The number of ether oxygens (including phenoxy) is 1. The van der Waals surface area contributed by atoms with Gasteiger partial charge in [-0.1, -0.05) is 30.3 Å². The molecule has 0 spiro atoms. The van der Waals surface area contributed by atoms with Crippen LogP contribution in [0.3, 0.4) is 0 Å². The van der Waals surface area contributed by atoms with Crippen LogP contribution in [0.4, 0.5) is 13.2 Å². The Morgan fingerprint density at radius 3 is 2.30 bits per heavy atom. The zero-order chi connectivity index (χ0) is 17.5. The van der Waals surface area contributed by atoms with Crippen LogP contribution in [0, 0.1) is 0 Å². The summed E-state index contributed by atoms with van der Waals surface area (Å²) in [5.74, 6) is -4.51. The minimum Gasteiger partial charge on any atom is -0.459 e. The van der Waals surface area contributed by atoms with Gasteiger partial charge in [-0.2, -0.15) is 13.2 Å². The molecule has 0 bridgehead atoms. The van der Waals surface area contributed by atoms with E-state index in [1.807, 2.05) is 0 Å². The topological polar surface area (TPSA) is 63.7 Å². The summed E-state index contributed by atoms with van der Waals surface area (Å²) in [6.07, 6.45) is -4.23. The van der Waals surface area contributed by atoms with Crippen LogP contribution in [0.5, 0.6) is 0 Å². The van der Waals surface area contributed by atoms with E-state index in [-0.39, 0.29) is 19.2 Å². The predicted octanol–water partition coefficient (Wildman–Crippen LogP) is 2.22. The van der Waals surface area contributed by atoms with Crippen LogP contribution in [-0.2, 0) is 25.7 Å². The van der Waals surface area contributed by atoms with Crippen LogP contribution >= 0.6 is 0 Å². The van der Waals surface area contributed by atoms with Gasteiger partial charge in [0, 0.05) is 12.3 Å². The molecular weight excluding hydrogens is 315 g/mol. The van der Waals surface area contributed by atoms with Crippen molar-refractivity contribution in [3.63, 3.8) is 0 Å². The van der Waals surface area contributed by atoms with Gasteiger partial charge in [-0.3, -0.25) is 9.59 Å². The van der Waals surface area contributed by atoms with Crippen molar-refractivity contribution in [3.8, 4) is 0 Å². The Balaban J connectivity index is 2.97. The van der Waals surface area contributed by atoms with Crippen LogP contribution in [0.1, 0.15) is 12.5 Å². The van der Waals surface area contributed by atoms with E-state index in [1.165, 1.54) is 6.92 Å². The summed E-state index contributed by atoms with van der Waals surface area (Å²) in [4.78, 5) is 34.9. The first-order chi connectivity index (χ1) is 10.8.